The fourth-order valence-corrected chi connectivity index (χ4v) is 4.69. The minimum atomic E-state index is -0.310. The lowest BCUT2D eigenvalue weighted by Gasteiger charge is -2.22. The number of rotatable bonds is 4. The Morgan fingerprint density at radius 1 is 1.11 bits per heavy atom. The summed E-state index contributed by atoms with van der Waals surface area (Å²) in [5, 5.41) is 0. The van der Waals surface area contributed by atoms with E-state index < -0.39 is 0 Å². The van der Waals surface area contributed by atoms with Gasteiger partial charge in [0.1, 0.15) is 11.8 Å². The number of carbonyl (C=O) groups is 2. The fraction of sp³-hybridized carbons (Fsp3) is 0.500. The first-order valence-electron chi connectivity index (χ1n) is 10.6. The summed E-state index contributed by atoms with van der Waals surface area (Å²) in [6, 6.07) is 8.55. The number of Topliss-reactive ketones (excluding diaryl/α,β-unsaturated/α-hetero) is 1. The van der Waals surface area contributed by atoms with Crippen molar-refractivity contribution in [3.63, 3.8) is 0 Å². The van der Waals surface area contributed by atoms with E-state index in [1.165, 1.54) is 17.5 Å². The molecule has 1 heterocycles. The first-order chi connectivity index (χ1) is 13.6. The lowest BCUT2D eigenvalue weighted by Crippen LogP contribution is -2.21. The highest BCUT2D eigenvalue weighted by Gasteiger charge is 2.33. The van der Waals surface area contributed by atoms with Crippen LogP contribution in [0.25, 0.3) is 0 Å². The second kappa shape index (κ2) is 7.94. The summed E-state index contributed by atoms with van der Waals surface area (Å²) in [7, 11) is 0. The topological polar surface area (TPSA) is 59.2 Å². The zero-order valence-corrected chi connectivity index (χ0v) is 16.8. The molecule has 0 saturated heterocycles. The van der Waals surface area contributed by atoms with Crippen molar-refractivity contribution >= 4 is 11.8 Å². The van der Waals surface area contributed by atoms with E-state index in [1.54, 1.807) is 0 Å². The summed E-state index contributed by atoms with van der Waals surface area (Å²) in [5.41, 5.74) is 5.29. The van der Waals surface area contributed by atoms with Gasteiger partial charge < -0.3 is 9.72 Å². The van der Waals surface area contributed by atoms with Gasteiger partial charge in [0.15, 0.2) is 5.78 Å². The largest absolute Gasteiger partial charge is 0.458 e. The van der Waals surface area contributed by atoms with E-state index in [2.05, 4.69) is 36.2 Å². The van der Waals surface area contributed by atoms with Gasteiger partial charge in [0.2, 0.25) is 0 Å². The molecule has 1 aromatic heterocycles. The van der Waals surface area contributed by atoms with E-state index in [4.69, 9.17) is 4.74 Å². The van der Waals surface area contributed by atoms with Crippen LogP contribution in [0.3, 0.4) is 0 Å². The third kappa shape index (κ3) is 3.65. The Labute approximate surface area is 166 Å². The van der Waals surface area contributed by atoms with Crippen molar-refractivity contribution in [3.05, 3.63) is 57.9 Å². The maximum Gasteiger partial charge on any atom is 0.355 e. The van der Waals surface area contributed by atoms with E-state index in [1.807, 2.05) is 6.92 Å². The standard InChI is InChI=1S/C24H29NO3/c1-3-16-9-11-17(12-10-16)18-13-20-22(21(26)14-18)15(2)23(25-20)24(27)28-19-7-5-4-6-8-19/h9-12,18-19,25H,3-8,13-14H2,1-2H3. The molecule has 0 radical (unpaired) electrons. The number of hydrogen-bond acceptors (Lipinski definition) is 3. The van der Waals surface area contributed by atoms with E-state index >= 15 is 0 Å². The Hall–Kier alpha value is -2.36. The molecule has 4 heteroatoms. The summed E-state index contributed by atoms with van der Waals surface area (Å²) < 4.78 is 5.73. The van der Waals surface area contributed by atoms with Crippen LogP contribution in [-0.4, -0.2) is 22.8 Å². The molecule has 2 aromatic rings. The summed E-state index contributed by atoms with van der Waals surface area (Å²) >= 11 is 0. The fourth-order valence-electron chi connectivity index (χ4n) is 4.69. The van der Waals surface area contributed by atoms with Crippen LogP contribution in [0.15, 0.2) is 24.3 Å². The monoisotopic (exact) mass is 379 g/mol. The predicted octanol–water partition coefficient (Wildman–Crippen LogP) is 5.29. The second-order valence-corrected chi connectivity index (χ2v) is 8.27. The maximum atomic E-state index is 12.9. The lowest BCUT2D eigenvalue weighted by atomic mass is 9.81. The molecule has 2 aliphatic rings. The number of hydrogen-bond donors (Lipinski definition) is 1. The molecule has 28 heavy (non-hydrogen) atoms. The number of ether oxygens (including phenoxy) is 1. The second-order valence-electron chi connectivity index (χ2n) is 8.27. The van der Waals surface area contributed by atoms with Gasteiger partial charge in [0.25, 0.3) is 0 Å². The molecule has 2 aliphatic carbocycles. The number of H-pyrrole nitrogens is 1. The molecule has 1 atom stereocenters. The van der Waals surface area contributed by atoms with E-state index in [0.29, 0.717) is 17.7 Å². The molecule has 4 rings (SSSR count). The van der Waals surface area contributed by atoms with Crippen LogP contribution < -0.4 is 0 Å². The molecule has 1 fully saturated rings. The molecule has 0 bridgehead atoms. The maximum absolute atomic E-state index is 12.9. The number of esters is 1. The van der Waals surface area contributed by atoms with Crippen LogP contribution in [0.4, 0.5) is 0 Å². The molecular weight excluding hydrogens is 350 g/mol. The normalized spacial score (nSPS) is 20.1. The molecular formula is C24H29NO3. The van der Waals surface area contributed by atoms with Crippen LogP contribution in [0, 0.1) is 6.92 Å². The quantitative estimate of drug-likeness (QED) is 0.735. The predicted molar refractivity (Wildman–Crippen MR) is 109 cm³/mol. The van der Waals surface area contributed by atoms with Crippen LogP contribution in [0.5, 0.6) is 0 Å². The van der Waals surface area contributed by atoms with Crippen molar-refractivity contribution in [1.29, 1.82) is 0 Å². The third-order valence-electron chi connectivity index (χ3n) is 6.38. The minimum absolute atomic E-state index is 0.0153. The van der Waals surface area contributed by atoms with Crippen molar-refractivity contribution in [1.82, 2.24) is 4.98 Å². The van der Waals surface area contributed by atoms with Gasteiger partial charge in [-0.3, -0.25) is 4.79 Å². The Morgan fingerprint density at radius 3 is 2.50 bits per heavy atom. The highest BCUT2D eigenvalue weighted by atomic mass is 16.5. The molecule has 4 nitrogen and oxygen atoms in total. The minimum Gasteiger partial charge on any atom is -0.458 e. The van der Waals surface area contributed by atoms with Crippen molar-refractivity contribution in [2.24, 2.45) is 0 Å². The van der Waals surface area contributed by atoms with E-state index in [9.17, 15) is 9.59 Å². The molecule has 1 unspecified atom stereocenters. The van der Waals surface area contributed by atoms with Crippen molar-refractivity contribution in [2.75, 3.05) is 0 Å². The van der Waals surface area contributed by atoms with Gasteiger partial charge in [-0.25, -0.2) is 4.79 Å². The molecule has 1 N–H and O–H groups in total. The van der Waals surface area contributed by atoms with Crippen LogP contribution >= 0.6 is 0 Å². The number of carbonyl (C=O) groups excluding carboxylic acids is 2. The molecule has 148 valence electrons. The Bertz CT molecular complexity index is 872. The SMILES string of the molecule is CCc1ccc(C2CC(=O)c3c([nH]c(C(=O)OC4CCCCC4)c3C)C2)cc1. The van der Waals surface area contributed by atoms with Crippen LogP contribution in [0.2, 0.25) is 0 Å². The van der Waals surface area contributed by atoms with Gasteiger partial charge in [0.05, 0.1) is 0 Å². The molecule has 1 aromatic carbocycles. The van der Waals surface area contributed by atoms with Crippen molar-refractivity contribution in [3.8, 4) is 0 Å². The zero-order valence-electron chi connectivity index (χ0n) is 16.8. The van der Waals surface area contributed by atoms with Gasteiger partial charge in [-0.1, -0.05) is 37.6 Å². The summed E-state index contributed by atoms with van der Waals surface area (Å²) in [4.78, 5) is 28.8. The Morgan fingerprint density at radius 2 is 1.82 bits per heavy atom. The van der Waals surface area contributed by atoms with Gasteiger partial charge in [-0.05, 0) is 68.1 Å². The summed E-state index contributed by atoms with van der Waals surface area (Å²) in [6.45, 7) is 4.00. The van der Waals surface area contributed by atoms with Gasteiger partial charge in [-0.2, -0.15) is 0 Å². The van der Waals surface area contributed by atoms with Gasteiger partial charge in [-0.15, -0.1) is 0 Å². The number of aromatic nitrogens is 1. The summed E-state index contributed by atoms with van der Waals surface area (Å²) in [5.74, 6) is -0.0297. The number of nitrogens with one attached hydrogen (secondary N) is 1. The Kier molecular flexibility index (Phi) is 5.38. The first kappa shape index (κ1) is 19.0. The molecule has 1 saturated carbocycles. The number of fused-ring (bicyclic) bond motifs is 1. The lowest BCUT2D eigenvalue weighted by molar-refractivity contribution is 0.0204. The number of aromatic amines is 1. The number of ketones is 1. The average Bonchev–Trinajstić information content (AvgIpc) is 3.06. The number of aryl methyl sites for hydroxylation is 1. The average molecular weight is 380 g/mol. The van der Waals surface area contributed by atoms with Crippen molar-refractivity contribution in [2.45, 2.75) is 77.2 Å². The molecule has 0 aliphatic heterocycles. The Balaban J connectivity index is 1.54. The first-order valence-corrected chi connectivity index (χ1v) is 10.6. The molecule has 0 spiro atoms. The highest BCUT2D eigenvalue weighted by molar-refractivity contribution is 6.03. The smallest absolute Gasteiger partial charge is 0.355 e. The molecule has 0 amide bonds. The van der Waals surface area contributed by atoms with Crippen molar-refractivity contribution < 1.29 is 14.3 Å². The highest BCUT2D eigenvalue weighted by Crippen LogP contribution is 2.35. The third-order valence-corrected chi connectivity index (χ3v) is 6.38. The van der Waals surface area contributed by atoms with E-state index in [-0.39, 0.29) is 23.8 Å². The van der Waals surface area contributed by atoms with Crippen LogP contribution in [-0.2, 0) is 17.6 Å². The van der Waals surface area contributed by atoms with E-state index in [0.717, 1.165) is 49.8 Å². The van der Waals surface area contributed by atoms with Crippen LogP contribution in [0.1, 0.15) is 94.6 Å². The zero-order chi connectivity index (χ0) is 19.7. The van der Waals surface area contributed by atoms with Gasteiger partial charge >= 0.3 is 5.97 Å². The van der Waals surface area contributed by atoms with Gasteiger partial charge in [0, 0.05) is 17.7 Å². The summed E-state index contributed by atoms with van der Waals surface area (Å²) in [6.07, 6.45) is 7.62. The number of benzene rings is 1.